The number of carbonyl (C=O) groups is 2. The van der Waals surface area contributed by atoms with E-state index in [0.717, 1.165) is 42.5 Å². The predicted molar refractivity (Wildman–Crippen MR) is 136 cm³/mol. The van der Waals surface area contributed by atoms with E-state index < -0.39 is 6.10 Å². The molecule has 3 aromatic rings. The minimum Gasteiger partial charge on any atom is -0.491 e. The van der Waals surface area contributed by atoms with Crippen LogP contribution in [0.4, 0.5) is 0 Å². The van der Waals surface area contributed by atoms with Gasteiger partial charge in [0.25, 0.3) is 11.8 Å². The van der Waals surface area contributed by atoms with Crippen LogP contribution < -0.4 is 4.74 Å². The molecule has 1 unspecified atom stereocenters. The molecule has 0 aliphatic carbocycles. The van der Waals surface area contributed by atoms with Crippen molar-refractivity contribution in [3.8, 4) is 5.75 Å². The lowest BCUT2D eigenvalue weighted by Gasteiger charge is -2.36. The molecular weight excluding hydrogens is 440 g/mol. The third-order valence-electron chi connectivity index (χ3n) is 7.39. The Morgan fingerprint density at radius 3 is 2.23 bits per heavy atom. The van der Waals surface area contributed by atoms with Gasteiger partial charge in [-0.2, -0.15) is 0 Å². The van der Waals surface area contributed by atoms with Gasteiger partial charge >= 0.3 is 0 Å². The number of hydrogen-bond acceptors (Lipinski definition) is 5. The molecule has 1 atom stereocenters. The number of aryl methyl sites for hydroxylation is 2. The maximum absolute atomic E-state index is 13.2. The van der Waals surface area contributed by atoms with Gasteiger partial charge < -0.3 is 14.7 Å². The minimum atomic E-state index is -0.574. The second-order valence-electron chi connectivity index (χ2n) is 9.89. The smallest absolute Gasteiger partial charge is 0.261 e. The predicted octanol–water partition coefficient (Wildman–Crippen LogP) is 4.20. The van der Waals surface area contributed by atoms with E-state index in [1.807, 2.05) is 61.5 Å². The van der Waals surface area contributed by atoms with Crippen molar-refractivity contribution in [2.24, 2.45) is 5.92 Å². The maximum Gasteiger partial charge on any atom is 0.261 e. The van der Waals surface area contributed by atoms with E-state index in [0.29, 0.717) is 24.2 Å². The molecule has 0 radical (unpaired) electrons. The fraction of sp³-hybridized carbons (Fsp3) is 0.379. The Morgan fingerprint density at radius 1 is 0.943 bits per heavy atom. The summed E-state index contributed by atoms with van der Waals surface area (Å²) in [6, 6.07) is 17.2. The lowest BCUT2D eigenvalue weighted by molar-refractivity contribution is 0.0453. The molecule has 2 heterocycles. The number of nitrogens with zero attached hydrogens (tertiary/aromatic N) is 2. The minimum absolute atomic E-state index is 0.194. The summed E-state index contributed by atoms with van der Waals surface area (Å²) in [7, 11) is 0. The van der Waals surface area contributed by atoms with Crippen LogP contribution in [-0.2, 0) is 0 Å². The summed E-state index contributed by atoms with van der Waals surface area (Å²) in [4.78, 5) is 30.0. The number of β-amino-alcohol motifs (C(OH)–C–C–N with tert-alkyl or cyclic N) is 1. The molecule has 1 fully saturated rings. The molecular formula is C29H32N2O4. The molecule has 2 amide bonds. The van der Waals surface area contributed by atoms with Gasteiger partial charge in [-0.15, -0.1) is 0 Å². The first-order valence-electron chi connectivity index (χ1n) is 12.4. The highest BCUT2D eigenvalue weighted by Crippen LogP contribution is 2.31. The number of aliphatic hydroxyl groups is 1. The maximum atomic E-state index is 13.2. The number of imide groups is 1. The van der Waals surface area contributed by atoms with Gasteiger partial charge in [0, 0.05) is 29.6 Å². The second kappa shape index (κ2) is 9.80. The van der Waals surface area contributed by atoms with Crippen molar-refractivity contribution in [1.82, 2.24) is 9.80 Å². The summed E-state index contributed by atoms with van der Waals surface area (Å²) < 4.78 is 5.78. The molecule has 0 saturated carbocycles. The molecule has 1 N–H and O–H groups in total. The van der Waals surface area contributed by atoms with E-state index in [1.54, 1.807) is 0 Å². The Labute approximate surface area is 206 Å². The third-order valence-corrected chi connectivity index (χ3v) is 7.39. The molecule has 0 bridgehead atoms. The second-order valence-corrected chi connectivity index (χ2v) is 9.89. The zero-order valence-electron chi connectivity index (χ0n) is 20.4. The fourth-order valence-electron chi connectivity index (χ4n) is 5.20. The van der Waals surface area contributed by atoms with E-state index in [-0.39, 0.29) is 24.3 Å². The van der Waals surface area contributed by atoms with E-state index in [1.165, 1.54) is 16.0 Å². The zero-order chi connectivity index (χ0) is 24.5. The molecule has 6 heteroatoms. The lowest BCUT2D eigenvalue weighted by atomic mass is 9.91. The van der Waals surface area contributed by atoms with Crippen molar-refractivity contribution in [3.05, 3.63) is 76.9 Å². The Morgan fingerprint density at radius 2 is 1.60 bits per heavy atom. The number of carbonyl (C=O) groups excluding carboxylic acids is 2. The molecule has 5 rings (SSSR count). The number of rotatable bonds is 7. The summed E-state index contributed by atoms with van der Waals surface area (Å²) in [6.45, 7) is 7.01. The first kappa shape index (κ1) is 23.5. The molecule has 35 heavy (non-hydrogen) atoms. The van der Waals surface area contributed by atoms with Gasteiger partial charge in [-0.05, 0) is 86.5 Å². The van der Waals surface area contributed by atoms with Crippen molar-refractivity contribution in [2.75, 3.05) is 32.8 Å². The van der Waals surface area contributed by atoms with E-state index in [2.05, 4.69) is 11.8 Å². The van der Waals surface area contributed by atoms with Crippen LogP contribution in [0.5, 0.6) is 5.75 Å². The zero-order valence-corrected chi connectivity index (χ0v) is 20.4. The van der Waals surface area contributed by atoms with Gasteiger partial charge in [-0.25, -0.2) is 0 Å². The number of ether oxygens (including phenoxy) is 1. The third kappa shape index (κ3) is 4.81. The van der Waals surface area contributed by atoms with Gasteiger partial charge in [-0.1, -0.05) is 30.3 Å². The van der Waals surface area contributed by atoms with Crippen molar-refractivity contribution < 1.29 is 19.4 Å². The van der Waals surface area contributed by atoms with E-state index >= 15 is 0 Å². The quantitative estimate of drug-likeness (QED) is 0.522. The lowest BCUT2D eigenvalue weighted by Crippen LogP contribution is -2.46. The van der Waals surface area contributed by atoms with E-state index in [9.17, 15) is 14.7 Å². The highest BCUT2D eigenvalue weighted by molar-refractivity contribution is 6.25. The normalized spacial score (nSPS) is 17.7. The highest BCUT2D eigenvalue weighted by Gasteiger charge is 2.34. The van der Waals surface area contributed by atoms with Crippen molar-refractivity contribution in [3.63, 3.8) is 0 Å². The van der Waals surface area contributed by atoms with Crippen LogP contribution >= 0.6 is 0 Å². The standard InChI is InChI=1S/C29H32N2O4/c1-19-9-10-24(15-20(19)2)35-18-23(32)17-30-13-11-21(12-14-30)16-31-28(33)25-7-3-5-22-6-4-8-26(27(22)25)29(31)34/h3-10,15,21,23,32H,11-14,16-18H2,1-2H3. The number of amides is 2. The number of piperidine rings is 1. The van der Waals surface area contributed by atoms with Crippen LogP contribution in [-0.4, -0.2) is 65.6 Å². The summed E-state index contributed by atoms with van der Waals surface area (Å²) in [5.41, 5.74) is 3.61. The fourth-order valence-corrected chi connectivity index (χ4v) is 5.20. The number of aliphatic hydroxyl groups excluding tert-OH is 1. The highest BCUT2D eigenvalue weighted by atomic mass is 16.5. The summed E-state index contributed by atoms with van der Waals surface area (Å²) in [5.74, 6) is 0.646. The Bertz CT molecular complexity index is 1210. The average molecular weight is 473 g/mol. The monoisotopic (exact) mass is 472 g/mol. The Balaban J connectivity index is 1.14. The van der Waals surface area contributed by atoms with Crippen LogP contribution in [0.2, 0.25) is 0 Å². The topological polar surface area (TPSA) is 70.1 Å². The summed E-state index contributed by atoms with van der Waals surface area (Å²) >= 11 is 0. The Kier molecular flexibility index (Phi) is 6.58. The van der Waals surface area contributed by atoms with Crippen LogP contribution in [0.1, 0.15) is 44.7 Å². The first-order valence-corrected chi connectivity index (χ1v) is 12.4. The number of likely N-dealkylation sites (tertiary alicyclic amines) is 1. The van der Waals surface area contributed by atoms with Crippen molar-refractivity contribution in [2.45, 2.75) is 32.8 Å². The molecule has 3 aromatic carbocycles. The van der Waals surface area contributed by atoms with Crippen LogP contribution in [0.25, 0.3) is 10.8 Å². The van der Waals surface area contributed by atoms with Crippen LogP contribution in [0.15, 0.2) is 54.6 Å². The summed E-state index contributed by atoms with van der Waals surface area (Å²) in [6.07, 6.45) is 1.19. The van der Waals surface area contributed by atoms with Crippen LogP contribution in [0, 0.1) is 19.8 Å². The molecule has 182 valence electrons. The Hall–Kier alpha value is -3.22. The van der Waals surface area contributed by atoms with Gasteiger partial charge in [0.2, 0.25) is 0 Å². The van der Waals surface area contributed by atoms with Crippen molar-refractivity contribution >= 4 is 22.6 Å². The van der Waals surface area contributed by atoms with Gasteiger partial charge in [0.15, 0.2) is 0 Å². The van der Waals surface area contributed by atoms with E-state index in [4.69, 9.17) is 4.74 Å². The molecule has 2 aliphatic rings. The molecule has 1 saturated heterocycles. The first-order chi connectivity index (χ1) is 16.9. The molecule has 2 aliphatic heterocycles. The van der Waals surface area contributed by atoms with Crippen LogP contribution in [0.3, 0.4) is 0 Å². The molecule has 0 aromatic heterocycles. The SMILES string of the molecule is Cc1ccc(OCC(O)CN2CCC(CN3C(=O)c4cccc5cccc(c45)C3=O)CC2)cc1C. The number of hydrogen-bond donors (Lipinski definition) is 1. The van der Waals surface area contributed by atoms with Gasteiger partial charge in [-0.3, -0.25) is 14.5 Å². The molecule has 0 spiro atoms. The van der Waals surface area contributed by atoms with Gasteiger partial charge in [0.1, 0.15) is 18.5 Å². The van der Waals surface area contributed by atoms with Crippen molar-refractivity contribution in [1.29, 1.82) is 0 Å². The number of benzene rings is 3. The molecule has 6 nitrogen and oxygen atoms in total. The largest absolute Gasteiger partial charge is 0.491 e. The van der Waals surface area contributed by atoms with Gasteiger partial charge in [0.05, 0.1) is 0 Å². The average Bonchev–Trinajstić information content (AvgIpc) is 2.86. The summed E-state index contributed by atoms with van der Waals surface area (Å²) in [5, 5.41) is 12.2.